The molecule has 0 spiro atoms. The monoisotopic (exact) mass is 279 g/mol. The van der Waals surface area contributed by atoms with Gasteiger partial charge < -0.3 is 15.5 Å². The molecule has 4 heteroatoms. The van der Waals surface area contributed by atoms with Crippen LogP contribution in [0.1, 0.15) is 46.0 Å². The zero-order valence-electron chi connectivity index (χ0n) is 13.0. The maximum Gasteiger partial charge on any atom is 0.226 e. The molecule has 20 heavy (non-hydrogen) atoms. The van der Waals surface area contributed by atoms with Crippen molar-refractivity contribution in [2.24, 2.45) is 11.3 Å². The van der Waals surface area contributed by atoms with E-state index in [4.69, 9.17) is 0 Å². The van der Waals surface area contributed by atoms with Crippen LogP contribution in [0.5, 0.6) is 0 Å². The fourth-order valence-corrected chi connectivity index (χ4v) is 4.17. The van der Waals surface area contributed by atoms with Gasteiger partial charge in [-0.1, -0.05) is 6.92 Å². The topological polar surface area (TPSA) is 44.4 Å². The van der Waals surface area contributed by atoms with Crippen LogP contribution < -0.4 is 10.6 Å². The third-order valence-electron chi connectivity index (χ3n) is 6.09. The van der Waals surface area contributed by atoms with E-state index in [0.717, 1.165) is 38.9 Å². The van der Waals surface area contributed by atoms with Crippen LogP contribution in [0.4, 0.5) is 0 Å². The van der Waals surface area contributed by atoms with E-state index in [0.29, 0.717) is 11.8 Å². The number of amides is 1. The Balaban J connectivity index is 1.70. The van der Waals surface area contributed by atoms with E-state index in [9.17, 15) is 4.79 Å². The highest BCUT2D eigenvalue weighted by Crippen LogP contribution is 2.37. The Morgan fingerprint density at radius 1 is 1.10 bits per heavy atom. The Morgan fingerprint density at radius 3 is 2.40 bits per heavy atom. The molecule has 0 aromatic heterocycles. The Morgan fingerprint density at radius 2 is 1.75 bits per heavy atom. The Bertz CT molecular complexity index is 370. The number of rotatable bonds is 2. The van der Waals surface area contributed by atoms with E-state index >= 15 is 0 Å². The summed E-state index contributed by atoms with van der Waals surface area (Å²) >= 11 is 0. The highest BCUT2D eigenvalue weighted by atomic mass is 16.2. The minimum Gasteiger partial charge on any atom is -0.350 e. The first-order chi connectivity index (χ1) is 9.52. The maximum absolute atomic E-state index is 12.8. The fourth-order valence-electron chi connectivity index (χ4n) is 4.17. The molecule has 4 heterocycles. The van der Waals surface area contributed by atoms with Crippen molar-refractivity contribution in [1.29, 1.82) is 0 Å². The van der Waals surface area contributed by atoms with Crippen LogP contribution >= 0.6 is 0 Å². The lowest BCUT2D eigenvalue weighted by atomic mass is 9.75. The molecule has 0 radical (unpaired) electrons. The second-order valence-electron chi connectivity index (χ2n) is 7.55. The van der Waals surface area contributed by atoms with Gasteiger partial charge in [0.1, 0.15) is 0 Å². The number of nitrogens with one attached hydrogen (secondary N) is 2. The maximum atomic E-state index is 12.8. The molecule has 4 nitrogen and oxygen atoms in total. The summed E-state index contributed by atoms with van der Waals surface area (Å²) in [7, 11) is 0. The summed E-state index contributed by atoms with van der Waals surface area (Å²) in [5.74, 6) is 0.956. The minimum absolute atomic E-state index is 0.0101. The van der Waals surface area contributed by atoms with Gasteiger partial charge in [-0.15, -0.1) is 0 Å². The summed E-state index contributed by atoms with van der Waals surface area (Å²) in [6.45, 7) is 9.95. The summed E-state index contributed by atoms with van der Waals surface area (Å²) < 4.78 is 0. The van der Waals surface area contributed by atoms with Crippen LogP contribution in [-0.4, -0.2) is 49.1 Å². The predicted octanol–water partition coefficient (Wildman–Crippen LogP) is 1.37. The molecule has 2 N–H and O–H groups in total. The van der Waals surface area contributed by atoms with Gasteiger partial charge >= 0.3 is 0 Å². The summed E-state index contributed by atoms with van der Waals surface area (Å²) in [4.78, 5) is 15.4. The van der Waals surface area contributed by atoms with Crippen molar-refractivity contribution >= 4 is 5.91 Å². The van der Waals surface area contributed by atoms with Crippen molar-refractivity contribution in [2.75, 3.05) is 32.7 Å². The Labute approximate surface area is 122 Å². The molecule has 4 saturated heterocycles. The van der Waals surface area contributed by atoms with Gasteiger partial charge in [0.05, 0.1) is 0 Å². The predicted molar refractivity (Wildman–Crippen MR) is 80.5 cm³/mol. The first kappa shape index (κ1) is 14.3. The minimum atomic E-state index is -0.168. The number of hydrogen-bond acceptors (Lipinski definition) is 3. The Hall–Kier alpha value is -0.610. The van der Waals surface area contributed by atoms with Crippen molar-refractivity contribution in [3.63, 3.8) is 0 Å². The number of carbonyl (C=O) groups excluding carboxylic acids is 1. The lowest BCUT2D eigenvalue weighted by Crippen LogP contribution is -2.57. The van der Waals surface area contributed by atoms with Crippen LogP contribution in [0.25, 0.3) is 0 Å². The van der Waals surface area contributed by atoms with E-state index in [2.05, 4.69) is 29.4 Å². The van der Waals surface area contributed by atoms with Gasteiger partial charge in [0.15, 0.2) is 0 Å². The quantitative estimate of drug-likeness (QED) is 0.802. The van der Waals surface area contributed by atoms with E-state index in [1.54, 1.807) is 0 Å². The van der Waals surface area contributed by atoms with Gasteiger partial charge in [0, 0.05) is 17.5 Å². The van der Waals surface area contributed by atoms with E-state index in [1.165, 1.54) is 25.9 Å². The molecule has 0 aliphatic carbocycles. The van der Waals surface area contributed by atoms with E-state index in [1.807, 2.05) is 0 Å². The molecule has 0 aromatic carbocycles. The molecular formula is C16H29N3O. The number of fused-ring (bicyclic) bond motifs is 4. The van der Waals surface area contributed by atoms with Crippen LogP contribution in [0, 0.1) is 11.3 Å². The van der Waals surface area contributed by atoms with Crippen molar-refractivity contribution in [3.05, 3.63) is 0 Å². The molecule has 0 saturated carbocycles. The first-order valence-corrected chi connectivity index (χ1v) is 8.28. The van der Waals surface area contributed by atoms with Gasteiger partial charge in [-0.3, -0.25) is 4.79 Å². The standard InChI is InChI=1S/C16H29N3O/c1-15(5-8-17-9-6-15)14(20)18-16(2)7-12-19-10-3-13(16)4-11-19/h13,17H,3-12H2,1-2H3,(H,18,20). The third-order valence-corrected chi connectivity index (χ3v) is 6.09. The van der Waals surface area contributed by atoms with Crippen molar-refractivity contribution in [2.45, 2.75) is 51.5 Å². The molecule has 4 aliphatic rings. The zero-order valence-corrected chi connectivity index (χ0v) is 13.0. The summed E-state index contributed by atoms with van der Waals surface area (Å²) in [5.41, 5.74) is -0.158. The molecular weight excluding hydrogens is 250 g/mol. The smallest absolute Gasteiger partial charge is 0.226 e. The Kier molecular flexibility index (Phi) is 3.80. The highest BCUT2D eigenvalue weighted by molar-refractivity contribution is 5.83. The van der Waals surface area contributed by atoms with Crippen LogP contribution in [0.15, 0.2) is 0 Å². The van der Waals surface area contributed by atoms with E-state index < -0.39 is 0 Å². The number of hydrogen-bond donors (Lipinski definition) is 2. The number of piperidine rings is 2. The SMILES string of the molecule is CC1(C(=O)NC2(C)CCN3CCC2CC3)CCNCC1. The summed E-state index contributed by atoms with van der Waals surface area (Å²) in [5, 5.41) is 6.84. The summed E-state index contributed by atoms with van der Waals surface area (Å²) in [6, 6.07) is 0. The van der Waals surface area contributed by atoms with Crippen molar-refractivity contribution in [3.8, 4) is 0 Å². The second kappa shape index (κ2) is 5.30. The van der Waals surface area contributed by atoms with Gasteiger partial charge in [-0.05, 0) is 71.1 Å². The van der Waals surface area contributed by atoms with E-state index in [-0.39, 0.29) is 11.0 Å². The average molecular weight is 279 g/mol. The van der Waals surface area contributed by atoms with Crippen LogP contribution in [-0.2, 0) is 4.79 Å². The van der Waals surface area contributed by atoms with Crippen LogP contribution in [0.2, 0.25) is 0 Å². The summed E-state index contributed by atoms with van der Waals surface area (Å²) in [6.07, 6.45) is 5.53. The van der Waals surface area contributed by atoms with Gasteiger partial charge in [-0.25, -0.2) is 0 Å². The molecule has 1 atom stereocenters. The lowest BCUT2D eigenvalue weighted by Gasteiger charge is -2.41. The lowest BCUT2D eigenvalue weighted by molar-refractivity contribution is -0.134. The third kappa shape index (κ3) is 2.60. The van der Waals surface area contributed by atoms with Crippen molar-refractivity contribution in [1.82, 2.24) is 15.5 Å². The highest BCUT2D eigenvalue weighted by Gasteiger charge is 2.44. The average Bonchev–Trinajstić information content (AvgIpc) is 2.70. The molecule has 4 rings (SSSR count). The zero-order chi connectivity index (χ0) is 14.2. The largest absolute Gasteiger partial charge is 0.350 e. The number of nitrogens with zero attached hydrogens (tertiary/aromatic N) is 1. The van der Waals surface area contributed by atoms with Crippen molar-refractivity contribution < 1.29 is 4.79 Å². The van der Waals surface area contributed by atoms with Gasteiger partial charge in [-0.2, -0.15) is 0 Å². The molecule has 1 amide bonds. The second-order valence-corrected chi connectivity index (χ2v) is 7.55. The molecule has 114 valence electrons. The normalized spacial score (nSPS) is 40.1. The fraction of sp³-hybridized carbons (Fsp3) is 0.938. The first-order valence-electron chi connectivity index (χ1n) is 8.28. The number of carbonyl (C=O) groups is 1. The van der Waals surface area contributed by atoms with Gasteiger partial charge in [0.25, 0.3) is 0 Å². The molecule has 4 fully saturated rings. The molecule has 4 aliphatic heterocycles. The molecule has 0 aromatic rings. The molecule has 1 unspecified atom stereocenters. The van der Waals surface area contributed by atoms with Gasteiger partial charge in [0.2, 0.25) is 5.91 Å². The molecule has 2 bridgehead atoms. The van der Waals surface area contributed by atoms with Crippen LogP contribution in [0.3, 0.4) is 0 Å².